The Labute approximate surface area is 153 Å². The minimum absolute atomic E-state index is 0.232. The molecule has 1 aliphatic rings. The first-order valence-electron chi connectivity index (χ1n) is 8.55. The van der Waals surface area contributed by atoms with Crippen LogP contribution in [0, 0.1) is 0 Å². The van der Waals surface area contributed by atoms with Crippen molar-refractivity contribution < 1.29 is 0 Å². The van der Waals surface area contributed by atoms with Crippen molar-refractivity contribution in [1.29, 1.82) is 0 Å². The summed E-state index contributed by atoms with van der Waals surface area (Å²) in [6, 6.07) is 8.38. The lowest BCUT2D eigenvalue weighted by atomic mass is 10.1. The molecule has 4 rings (SSSR count). The van der Waals surface area contributed by atoms with Gasteiger partial charge in [-0.25, -0.2) is 4.79 Å². The predicted molar refractivity (Wildman–Crippen MR) is 103 cm³/mol. The molecule has 130 valence electrons. The van der Waals surface area contributed by atoms with E-state index in [0.29, 0.717) is 16.9 Å². The molecule has 0 spiro atoms. The Morgan fingerprint density at radius 2 is 1.80 bits per heavy atom. The van der Waals surface area contributed by atoms with Crippen molar-refractivity contribution in [3.8, 4) is 11.3 Å². The van der Waals surface area contributed by atoms with Crippen LogP contribution in [0.15, 0.2) is 44.5 Å². The van der Waals surface area contributed by atoms with Crippen LogP contribution in [0.4, 0.5) is 0 Å². The highest BCUT2D eigenvalue weighted by atomic mass is 79.9. The third kappa shape index (κ3) is 2.51. The summed E-state index contributed by atoms with van der Waals surface area (Å²) in [5.74, 6) is 0. The Bertz CT molecular complexity index is 1080. The minimum Gasteiger partial charge on any atom is -0.342 e. The number of benzene rings is 1. The van der Waals surface area contributed by atoms with Crippen molar-refractivity contribution in [3.63, 3.8) is 0 Å². The predicted octanol–water partition coefficient (Wildman–Crippen LogP) is 3.58. The van der Waals surface area contributed by atoms with E-state index in [2.05, 4.69) is 20.5 Å². The summed E-state index contributed by atoms with van der Waals surface area (Å²) in [6.07, 6.45) is 6.61. The molecule has 0 atom stereocenters. The van der Waals surface area contributed by atoms with Gasteiger partial charge in [0.1, 0.15) is 0 Å². The minimum atomic E-state index is -0.290. The van der Waals surface area contributed by atoms with Gasteiger partial charge in [-0.1, -0.05) is 40.9 Å². The van der Waals surface area contributed by atoms with Crippen LogP contribution >= 0.6 is 15.9 Å². The smallest absolute Gasteiger partial charge is 0.330 e. The van der Waals surface area contributed by atoms with Crippen molar-refractivity contribution in [2.24, 2.45) is 14.1 Å². The standard InChI is InChI=1S/C19H20BrN3O2/c1-21-15-11-23(14-8-3-4-9-14)17(12-6-5-7-13(20)10-12)16(15)18(24)22(2)19(21)25/h5-7,10-11,14H,3-4,8-9H2,1-2H3. The second-order valence-corrected chi connectivity index (χ2v) is 7.72. The lowest BCUT2D eigenvalue weighted by Crippen LogP contribution is -2.36. The van der Waals surface area contributed by atoms with Crippen LogP contribution in [0.2, 0.25) is 0 Å². The summed E-state index contributed by atoms with van der Waals surface area (Å²) < 4.78 is 5.96. The molecule has 3 aromatic rings. The van der Waals surface area contributed by atoms with Gasteiger partial charge in [-0.2, -0.15) is 0 Å². The summed E-state index contributed by atoms with van der Waals surface area (Å²) in [6.45, 7) is 0. The molecular weight excluding hydrogens is 382 g/mol. The average molecular weight is 402 g/mol. The number of fused-ring (bicyclic) bond motifs is 1. The SMILES string of the molecule is Cn1c(=O)c2c(-c3cccc(Br)c3)n(C3CCCC3)cc2n(C)c1=O. The van der Waals surface area contributed by atoms with Crippen molar-refractivity contribution in [2.75, 3.05) is 0 Å². The zero-order chi connectivity index (χ0) is 17.7. The second-order valence-electron chi connectivity index (χ2n) is 6.80. The Morgan fingerprint density at radius 3 is 2.48 bits per heavy atom. The zero-order valence-electron chi connectivity index (χ0n) is 14.3. The highest BCUT2D eigenvalue weighted by Crippen LogP contribution is 2.37. The number of hydrogen-bond acceptors (Lipinski definition) is 2. The quantitative estimate of drug-likeness (QED) is 0.658. The van der Waals surface area contributed by atoms with E-state index in [-0.39, 0.29) is 11.2 Å². The van der Waals surface area contributed by atoms with Crippen LogP contribution < -0.4 is 11.2 Å². The monoisotopic (exact) mass is 401 g/mol. The van der Waals surface area contributed by atoms with Crippen LogP contribution in [0.1, 0.15) is 31.7 Å². The highest BCUT2D eigenvalue weighted by molar-refractivity contribution is 9.10. The summed E-state index contributed by atoms with van der Waals surface area (Å²) in [7, 11) is 3.27. The van der Waals surface area contributed by atoms with Gasteiger partial charge in [-0.15, -0.1) is 0 Å². The molecule has 1 aliphatic carbocycles. The van der Waals surface area contributed by atoms with Gasteiger partial charge in [0.05, 0.1) is 16.6 Å². The van der Waals surface area contributed by atoms with E-state index in [4.69, 9.17) is 0 Å². The average Bonchev–Trinajstić information content (AvgIpc) is 3.25. The first kappa shape index (κ1) is 16.4. The van der Waals surface area contributed by atoms with Gasteiger partial charge in [-0.05, 0) is 25.0 Å². The van der Waals surface area contributed by atoms with E-state index in [0.717, 1.165) is 28.6 Å². The number of hydrogen-bond donors (Lipinski definition) is 0. The Hall–Kier alpha value is -2.08. The van der Waals surface area contributed by atoms with Crippen molar-refractivity contribution in [2.45, 2.75) is 31.7 Å². The van der Waals surface area contributed by atoms with E-state index in [9.17, 15) is 9.59 Å². The van der Waals surface area contributed by atoms with Crippen LogP contribution in [0.5, 0.6) is 0 Å². The topological polar surface area (TPSA) is 48.9 Å². The van der Waals surface area contributed by atoms with E-state index in [1.54, 1.807) is 18.7 Å². The van der Waals surface area contributed by atoms with E-state index in [1.165, 1.54) is 17.4 Å². The van der Waals surface area contributed by atoms with E-state index in [1.807, 2.05) is 30.5 Å². The van der Waals surface area contributed by atoms with Crippen molar-refractivity contribution in [1.82, 2.24) is 13.7 Å². The molecule has 0 unspecified atom stereocenters. The third-order valence-electron chi connectivity index (χ3n) is 5.28. The van der Waals surface area contributed by atoms with Crippen molar-refractivity contribution in [3.05, 3.63) is 55.8 Å². The Morgan fingerprint density at radius 1 is 1.08 bits per heavy atom. The van der Waals surface area contributed by atoms with Gasteiger partial charge in [0.25, 0.3) is 5.56 Å². The molecule has 0 aliphatic heterocycles. The van der Waals surface area contributed by atoms with Gasteiger partial charge in [-0.3, -0.25) is 13.9 Å². The molecule has 2 aromatic heterocycles. The molecule has 0 amide bonds. The van der Waals surface area contributed by atoms with Crippen LogP contribution in [0.25, 0.3) is 22.2 Å². The molecule has 1 aromatic carbocycles. The van der Waals surface area contributed by atoms with Crippen LogP contribution in [-0.4, -0.2) is 13.7 Å². The summed E-state index contributed by atoms with van der Waals surface area (Å²) in [5, 5.41) is 0.620. The number of aryl methyl sites for hydroxylation is 1. The largest absolute Gasteiger partial charge is 0.342 e. The number of aromatic nitrogens is 3. The Balaban J connectivity index is 2.15. The number of nitrogens with zero attached hydrogens (tertiary/aromatic N) is 3. The molecule has 0 saturated heterocycles. The van der Waals surface area contributed by atoms with Crippen LogP contribution in [-0.2, 0) is 14.1 Å². The van der Waals surface area contributed by atoms with E-state index < -0.39 is 0 Å². The maximum absolute atomic E-state index is 12.9. The highest BCUT2D eigenvalue weighted by Gasteiger charge is 2.25. The maximum atomic E-state index is 12.9. The van der Waals surface area contributed by atoms with E-state index >= 15 is 0 Å². The maximum Gasteiger partial charge on any atom is 0.330 e. The van der Waals surface area contributed by atoms with Gasteiger partial charge in [0.15, 0.2) is 0 Å². The number of rotatable bonds is 2. The molecule has 0 bridgehead atoms. The summed E-state index contributed by atoms with van der Waals surface area (Å²) in [5.41, 5.74) is 2.09. The number of halogens is 1. The van der Waals surface area contributed by atoms with Crippen molar-refractivity contribution >= 4 is 26.8 Å². The van der Waals surface area contributed by atoms with Gasteiger partial charge in [0.2, 0.25) is 0 Å². The molecule has 0 N–H and O–H groups in total. The normalized spacial score (nSPS) is 15.3. The fraction of sp³-hybridized carbons (Fsp3) is 0.368. The van der Waals surface area contributed by atoms with Gasteiger partial charge < -0.3 is 4.57 Å². The first-order valence-corrected chi connectivity index (χ1v) is 9.35. The molecule has 1 fully saturated rings. The molecule has 0 radical (unpaired) electrons. The summed E-state index contributed by atoms with van der Waals surface area (Å²) in [4.78, 5) is 25.3. The second kappa shape index (κ2) is 6.02. The zero-order valence-corrected chi connectivity index (χ0v) is 15.9. The fourth-order valence-corrected chi connectivity index (χ4v) is 4.36. The van der Waals surface area contributed by atoms with Gasteiger partial charge in [0, 0.05) is 36.4 Å². The fourth-order valence-electron chi connectivity index (χ4n) is 3.96. The lowest BCUT2D eigenvalue weighted by Gasteiger charge is -2.16. The van der Waals surface area contributed by atoms with Crippen LogP contribution in [0.3, 0.4) is 0 Å². The first-order chi connectivity index (χ1) is 12.0. The molecule has 1 saturated carbocycles. The molecule has 5 nitrogen and oxygen atoms in total. The third-order valence-corrected chi connectivity index (χ3v) is 5.78. The molecule has 25 heavy (non-hydrogen) atoms. The molecular formula is C19H20BrN3O2. The van der Waals surface area contributed by atoms with Gasteiger partial charge >= 0.3 is 5.69 Å². The summed E-state index contributed by atoms with van der Waals surface area (Å²) >= 11 is 3.53. The Kier molecular flexibility index (Phi) is 3.95. The lowest BCUT2D eigenvalue weighted by molar-refractivity contribution is 0.527. The molecule has 6 heteroatoms. The molecule has 2 heterocycles.